The summed E-state index contributed by atoms with van der Waals surface area (Å²) in [5.41, 5.74) is 0.547. The van der Waals surface area contributed by atoms with Crippen LogP contribution in [-0.4, -0.2) is 65.4 Å². The molecule has 0 N–H and O–H groups in total. The molecule has 0 aliphatic heterocycles. The van der Waals surface area contributed by atoms with Gasteiger partial charge in [0.1, 0.15) is 6.61 Å². The molecule has 0 atom stereocenters. The Morgan fingerprint density at radius 1 is 0.486 bits per heavy atom. The molecule has 0 aromatic heterocycles. The Balaban J connectivity index is 1.66. The van der Waals surface area contributed by atoms with Crippen molar-refractivity contribution in [2.24, 2.45) is 0 Å². The van der Waals surface area contributed by atoms with Crippen molar-refractivity contribution in [2.75, 3.05) is 59.5 Å². The van der Waals surface area contributed by atoms with E-state index in [4.69, 9.17) is 23.7 Å². The van der Waals surface area contributed by atoms with Gasteiger partial charge >= 0.3 is 5.97 Å². The fourth-order valence-corrected chi connectivity index (χ4v) is 4.01. The number of unbranched alkanes of at least 4 members (excludes halogenated alkanes) is 13. The van der Waals surface area contributed by atoms with E-state index >= 15 is 0 Å². The van der Waals surface area contributed by atoms with E-state index in [9.17, 15) is 4.79 Å². The lowest BCUT2D eigenvalue weighted by atomic mass is 10.0. The molecule has 0 aliphatic rings. The van der Waals surface area contributed by atoms with E-state index in [1.807, 2.05) is 18.2 Å². The first-order valence-electron chi connectivity index (χ1n) is 14.9. The van der Waals surface area contributed by atoms with Crippen molar-refractivity contribution in [3.05, 3.63) is 35.9 Å². The van der Waals surface area contributed by atoms with Gasteiger partial charge in [0.2, 0.25) is 0 Å². The van der Waals surface area contributed by atoms with Crippen molar-refractivity contribution < 1.29 is 28.5 Å². The van der Waals surface area contributed by atoms with Gasteiger partial charge in [0.05, 0.1) is 51.8 Å². The third-order valence-corrected chi connectivity index (χ3v) is 6.23. The summed E-state index contributed by atoms with van der Waals surface area (Å²) in [4.78, 5) is 11.8. The summed E-state index contributed by atoms with van der Waals surface area (Å²) in [5, 5.41) is 0. The second-order valence-corrected chi connectivity index (χ2v) is 9.55. The van der Waals surface area contributed by atoms with Crippen LogP contribution in [0.25, 0.3) is 0 Å². The monoisotopic (exact) mass is 522 g/mol. The molecule has 0 spiro atoms. The van der Waals surface area contributed by atoms with Gasteiger partial charge in [-0.25, -0.2) is 4.79 Å². The molecule has 6 heteroatoms. The minimum Gasteiger partial charge on any atom is -0.460 e. The van der Waals surface area contributed by atoms with E-state index in [0.29, 0.717) is 51.8 Å². The molecule has 0 fully saturated rings. The van der Waals surface area contributed by atoms with Gasteiger partial charge in [0.25, 0.3) is 0 Å². The van der Waals surface area contributed by atoms with Crippen molar-refractivity contribution in [3.63, 3.8) is 0 Å². The van der Waals surface area contributed by atoms with Gasteiger partial charge < -0.3 is 23.7 Å². The molecule has 0 heterocycles. The molecule has 0 aliphatic carbocycles. The van der Waals surface area contributed by atoms with E-state index < -0.39 is 0 Å². The zero-order valence-corrected chi connectivity index (χ0v) is 23.6. The number of hydrogen-bond acceptors (Lipinski definition) is 6. The van der Waals surface area contributed by atoms with Gasteiger partial charge in [-0.05, 0) is 18.6 Å². The highest BCUT2D eigenvalue weighted by Crippen LogP contribution is 2.13. The Hall–Kier alpha value is -1.47. The molecule has 214 valence electrons. The maximum atomic E-state index is 11.8. The summed E-state index contributed by atoms with van der Waals surface area (Å²) in [6, 6.07) is 8.94. The second kappa shape index (κ2) is 27.6. The highest BCUT2D eigenvalue weighted by molar-refractivity contribution is 5.89. The predicted molar refractivity (Wildman–Crippen MR) is 150 cm³/mol. The standard InChI is InChI=1S/C31H54O6/c1-2-3-4-5-6-7-8-9-10-11-12-13-14-18-21-33-22-23-34-24-25-35-26-27-36-28-29-37-31(32)30-19-16-15-17-20-30/h15-17,19-20H,2-14,18,21-29H2,1H3. The Morgan fingerprint density at radius 3 is 1.32 bits per heavy atom. The molecule has 1 aromatic carbocycles. The molecule has 0 unspecified atom stereocenters. The van der Waals surface area contributed by atoms with Crippen LogP contribution in [0.2, 0.25) is 0 Å². The van der Waals surface area contributed by atoms with Crippen molar-refractivity contribution in [1.29, 1.82) is 0 Å². The van der Waals surface area contributed by atoms with Crippen LogP contribution in [0.3, 0.4) is 0 Å². The van der Waals surface area contributed by atoms with Crippen LogP contribution in [0.15, 0.2) is 30.3 Å². The molecule has 0 radical (unpaired) electrons. The maximum Gasteiger partial charge on any atom is 0.338 e. The number of carbonyl (C=O) groups excluding carboxylic acids is 1. The van der Waals surface area contributed by atoms with Crippen molar-refractivity contribution in [2.45, 2.75) is 96.8 Å². The Morgan fingerprint density at radius 2 is 0.865 bits per heavy atom. The van der Waals surface area contributed by atoms with E-state index in [1.54, 1.807) is 12.1 Å². The minimum absolute atomic E-state index is 0.232. The van der Waals surface area contributed by atoms with E-state index in [0.717, 1.165) is 13.0 Å². The van der Waals surface area contributed by atoms with Gasteiger partial charge in [-0.1, -0.05) is 109 Å². The number of carbonyl (C=O) groups is 1. The van der Waals surface area contributed by atoms with Crippen LogP contribution in [0.1, 0.15) is 107 Å². The maximum absolute atomic E-state index is 11.8. The lowest BCUT2D eigenvalue weighted by Gasteiger charge is -2.08. The molecule has 1 aromatic rings. The summed E-state index contributed by atoms with van der Waals surface area (Å²) in [5.74, 6) is -0.332. The molecule has 1 rings (SSSR count). The van der Waals surface area contributed by atoms with Crippen LogP contribution >= 0.6 is 0 Å². The highest BCUT2D eigenvalue weighted by atomic mass is 16.6. The summed E-state index contributed by atoms with van der Waals surface area (Å²) < 4.78 is 27.2. The lowest BCUT2D eigenvalue weighted by Crippen LogP contribution is -2.14. The number of benzene rings is 1. The molecular weight excluding hydrogens is 468 g/mol. The van der Waals surface area contributed by atoms with Crippen molar-refractivity contribution in [1.82, 2.24) is 0 Å². The smallest absolute Gasteiger partial charge is 0.338 e. The quantitative estimate of drug-likeness (QED) is 0.0844. The second-order valence-electron chi connectivity index (χ2n) is 9.55. The number of esters is 1. The summed E-state index contributed by atoms with van der Waals surface area (Å²) >= 11 is 0. The van der Waals surface area contributed by atoms with Gasteiger partial charge in [-0.15, -0.1) is 0 Å². The minimum atomic E-state index is -0.332. The number of hydrogen-bond donors (Lipinski definition) is 0. The Labute approximate surface area is 226 Å². The Kier molecular flexibility index (Phi) is 25.0. The van der Waals surface area contributed by atoms with Crippen molar-refractivity contribution >= 4 is 5.97 Å². The summed E-state index contributed by atoms with van der Waals surface area (Å²) in [6.07, 6.45) is 19.2. The third-order valence-electron chi connectivity index (χ3n) is 6.23. The lowest BCUT2D eigenvalue weighted by molar-refractivity contribution is -0.00913. The molecule has 37 heavy (non-hydrogen) atoms. The highest BCUT2D eigenvalue weighted by Gasteiger charge is 2.05. The van der Waals surface area contributed by atoms with Crippen LogP contribution in [0, 0.1) is 0 Å². The average molecular weight is 523 g/mol. The van der Waals surface area contributed by atoms with Crippen LogP contribution < -0.4 is 0 Å². The SMILES string of the molecule is CCCCCCCCCCCCCCCCOCCOCCOCCOCCOC(=O)c1ccccc1. The first kappa shape index (κ1) is 33.6. The number of ether oxygens (including phenoxy) is 5. The molecule has 0 saturated heterocycles. The van der Waals surface area contributed by atoms with E-state index in [-0.39, 0.29) is 12.6 Å². The largest absolute Gasteiger partial charge is 0.460 e. The van der Waals surface area contributed by atoms with Crippen molar-refractivity contribution in [3.8, 4) is 0 Å². The average Bonchev–Trinajstić information content (AvgIpc) is 2.93. The summed E-state index contributed by atoms with van der Waals surface area (Å²) in [7, 11) is 0. The zero-order chi connectivity index (χ0) is 26.5. The fourth-order valence-electron chi connectivity index (χ4n) is 4.01. The van der Waals surface area contributed by atoms with Crippen LogP contribution in [0.5, 0.6) is 0 Å². The molecule has 0 saturated carbocycles. The summed E-state index contributed by atoms with van der Waals surface area (Å²) in [6.45, 7) is 6.98. The van der Waals surface area contributed by atoms with E-state index in [1.165, 1.54) is 83.5 Å². The van der Waals surface area contributed by atoms with Gasteiger partial charge in [-0.3, -0.25) is 0 Å². The first-order valence-corrected chi connectivity index (χ1v) is 14.9. The third kappa shape index (κ3) is 23.4. The molecular formula is C31H54O6. The molecule has 0 amide bonds. The predicted octanol–water partition coefficient (Wildman–Crippen LogP) is 7.39. The fraction of sp³-hybridized carbons (Fsp3) is 0.774. The van der Waals surface area contributed by atoms with Crippen LogP contribution in [0.4, 0.5) is 0 Å². The zero-order valence-electron chi connectivity index (χ0n) is 23.6. The molecule has 0 bridgehead atoms. The van der Waals surface area contributed by atoms with Gasteiger partial charge in [0, 0.05) is 6.61 Å². The van der Waals surface area contributed by atoms with E-state index in [2.05, 4.69) is 6.92 Å². The normalized spacial score (nSPS) is 11.2. The van der Waals surface area contributed by atoms with Crippen LogP contribution in [-0.2, 0) is 23.7 Å². The molecule has 6 nitrogen and oxygen atoms in total. The Bertz CT molecular complexity index is 595. The topological polar surface area (TPSA) is 63.2 Å². The van der Waals surface area contributed by atoms with Gasteiger partial charge in [0.15, 0.2) is 0 Å². The van der Waals surface area contributed by atoms with Gasteiger partial charge in [-0.2, -0.15) is 0 Å². The number of rotatable bonds is 28. The first-order chi connectivity index (χ1) is 18.3.